The summed E-state index contributed by atoms with van der Waals surface area (Å²) >= 11 is 0. The van der Waals surface area contributed by atoms with Crippen LogP contribution in [0.3, 0.4) is 0 Å². The number of rotatable bonds is 2. The SMILES string of the molecule is COc1cnc(C(F)(F)F)cc1C(C)N. The highest BCUT2D eigenvalue weighted by atomic mass is 19.4. The number of ether oxygens (including phenoxy) is 1. The van der Waals surface area contributed by atoms with Crippen molar-refractivity contribution in [3.05, 3.63) is 23.5 Å². The van der Waals surface area contributed by atoms with Crippen molar-refractivity contribution >= 4 is 0 Å². The van der Waals surface area contributed by atoms with E-state index >= 15 is 0 Å². The maximum atomic E-state index is 12.3. The van der Waals surface area contributed by atoms with Crippen LogP contribution in [0.1, 0.15) is 24.2 Å². The number of hydrogen-bond donors (Lipinski definition) is 1. The molecule has 0 fully saturated rings. The van der Waals surface area contributed by atoms with Gasteiger partial charge in [-0.1, -0.05) is 0 Å². The minimum Gasteiger partial charge on any atom is -0.495 e. The lowest BCUT2D eigenvalue weighted by Crippen LogP contribution is -2.13. The van der Waals surface area contributed by atoms with Crippen molar-refractivity contribution < 1.29 is 17.9 Å². The molecule has 0 spiro atoms. The molecule has 0 saturated carbocycles. The molecule has 0 aliphatic rings. The minimum atomic E-state index is -4.46. The quantitative estimate of drug-likeness (QED) is 0.830. The molecule has 3 nitrogen and oxygen atoms in total. The van der Waals surface area contributed by atoms with Crippen molar-refractivity contribution in [2.75, 3.05) is 7.11 Å². The Morgan fingerprint density at radius 3 is 2.47 bits per heavy atom. The van der Waals surface area contributed by atoms with Crippen molar-refractivity contribution in [2.24, 2.45) is 5.73 Å². The van der Waals surface area contributed by atoms with E-state index in [0.717, 1.165) is 12.3 Å². The summed E-state index contributed by atoms with van der Waals surface area (Å²) in [5, 5.41) is 0. The van der Waals surface area contributed by atoms with Gasteiger partial charge in [-0.3, -0.25) is 0 Å². The highest BCUT2D eigenvalue weighted by Gasteiger charge is 2.33. The normalized spacial score (nSPS) is 13.7. The first-order valence-corrected chi connectivity index (χ1v) is 4.23. The van der Waals surface area contributed by atoms with E-state index in [-0.39, 0.29) is 5.75 Å². The molecule has 84 valence electrons. The second-order valence-electron chi connectivity index (χ2n) is 3.10. The summed E-state index contributed by atoms with van der Waals surface area (Å²) < 4.78 is 41.8. The number of nitrogens with two attached hydrogens (primary N) is 1. The first kappa shape index (κ1) is 11.8. The predicted octanol–water partition coefficient (Wildman–Crippen LogP) is 2.13. The van der Waals surface area contributed by atoms with E-state index in [0.29, 0.717) is 5.56 Å². The van der Waals surface area contributed by atoms with Crippen molar-refractivity contribution in [1.29, 1.82) is 0 Å². The van der Waals surface area contributed by atoms with Crippen LogP contribution < -0.4 is 10.5 Å². The van der Waals surface area contributed by atoms with Crippen LogP contribution in [0.2, 0.25) is 0 Å². The van der Waals surface area contributed by atoms with Gasteiger partial charge in [-0.25, -0.2) is 4.98 Å². The third-order valence-corrected chi connectivity index (χ3v) is 1.90. The number of methoxy groups -OCH3 is 1. The lowest BCUT2D eigenvalue weighted by Gasteiger charge is -2.13. The van der Waals surface area contributed by atoms with Gasteiger partial charge in [-0.05, 0) is 13.0 Å². The fourth-order valence-corrected chi connectivity index (χ4v) is 1.14. The summed E-state index contributed by atoms with van der Waals surface area (Å²) in [5.41, 5.74) is 4.86. The fraction of sp³-hybridized carbons (Fsp3) is 0.444. The zero-order valence-corrected chi connectivity index (χ0v) is 8.30. The van der Waals surface area contributed by atoms with Crippen LogP contribution in [0.5, 0.6) is 5.75 Å². The Balaban J connectivity index is 3.22. The molecule has 0 aliphatic heterocycles. The Kier molecular flexibility index (Phi) is 3.18. The largest absolute Gasteiger partial charge is 0.495 e. The number of aromatic nitrogens is 1. The molecule has 0 radical (unpaired) electrons. The van der Waals surface area contributed by atoms with Crippen LogP contribution >= 0.6 is 0 Å². The van der Waals surface area contributed by atoms with Crippen molar-refractivity contribution in [1.82, 2.24) is 4.98 Å². The smallest absolute Gasteiger partial charge is 0.433 e. The van der Waals surface area contributed by atoms with Gasteiger partial charge in [-0.2, -0.15) is 13.2 Å². The molecular formula is C9H11F3N2O. The molecule has 0 saturated heterocycles. The van der Waals surface area contributed by atoms with Crippen LogP contribution in [0, 0.1) is 0 Å². The topological polar surface area (TPSA) is 48.1 Å². The molecule has 0 aliphatic carbocycles. The summed E-state index contributed by atoms with van der Waals surface area (Å²) in [7, 11) is 1.36. The van der Waals surface area contributed by atoms with Gasteiger partial charge in [0.1, 0.15) is 11.4 Å². The summed E-state index contributed by atoms with van der Waals surface area (Å²) in [5.74, 6) is 0.262. The van der Waals surface area contributed by atoms with E-state index in [9.17, 15) is 13.2 Å². The summed E-state index contributed by atoms with van der Waals surface area (Å²) in [6, 6.07) is 0.368. The molecule has 2 N–H and O–H groups in total. The highest BCUT2D eigenvalue weighted by Crippen LogP contribution is 2.32. The summed E-state index contributed by atoms with van der Waals surface area (Å²) in [4.78, 5) is 3.26. The van der Waals surface area contributed by atoms with Crippen LogP contribution in [-0.4, -0.2) is 12.1 Å². The molecule has 1 atom stereocenters. The van der Waals surface area contributed by atoms with Crippen molar-refractivity contribution in [2.45, 2.75) is 19.1 Å². The van der Waals surface area contributed by atoms with E-state index in [1.165, 1.54) is 7.11 Å². The lowest BCUT2D eigenvalue weighted by molar-refractivity contribution is -0.141. The second kappa shape index (κ2) is 4.06. The van der Waals surface area contributed by atoms with Gasteiger partial charge in [0.25, 0.3) is 0 Å². The molecular weight excluding hydrogens is 209 g/mol. The van der Waals surface area contributed by atoms with Gasteiger partial charge >= 0.3 is 6.18 Å². The zero-order valence-electron chi connectivity index (χ0n) is 8.30. The molecule has 0 bridgehead atoms. The van der Waals surface area contributed by atoms with Crippen LogP contribution in [0.15, 0.2) is 12.3 Å². The summed E-state index contributed by atoms with van der Waals surface area (Å²) in [6.07, 6.45) is -3.43. The highest BCUT2D eigenvalue weighted by molar-refractivity contribution is 5.35. The second-order valence-corrected chi connectivity index (χ2v) is 3.10. The van der Waals surface area contributed by atoms with E-state index in [1.807, 2.05) is 0 Å². The van der Waals surface area contributed by atoms with Gasteiger partial charge in [-0.15, -0.1) is 0 Å². The molecule has 6 heteroatoms. The maximum Gasteiger partial charge on any atom is 0.433 e. The lowest BCUT2D eigenvalue weighted by atomic mass is 10.1. The Morgan fingerprint density at radius 1 is 1.47 bits per heavy atom. The van der Waals surface area contributed by atoms with Gasteiger partial charge in [0, 0.05) is 11.6 Å². The standard InChI is InChI=1S/C9H11F3N2O/c1-5(13)6-3-8(9(10,11)12)14-4-7(6)15-2/h3-5H,13H2,1-2H3. The Labute approximate surface area is 85.1 Å². The molecule has 1 unspecified atom stereocenters. The molecule has 0 amide bonds. The van der Waals surface area contributed by atoms with Gasteiger partial charge < -0.3 is 10.5 Å². The summed E-state index contributed by atoms with van der Waals surface area (Å²) in [6.45, 7) is 1.58. The van der Waals surface area contributed by atoms with Crippen LogP contribution in [0.4, 0.5) is 13.2 Å². The molecule has 1 heterocycles. The third-order valence-electron chi connectivity index (χ3n) is 1.90. The monoisotopic (exact) mass is 220 g/mol. The number of pyridine rings is 1. The van der Waals surface area contributed by atoms with E-state index in [4.69, 9.17) is 10.5 Å². The van der Waals surface area contributed by atoms with Crippen molar-refractivity contribution in [3.8, 4) is 5.75 Å². The third kappa shape index (κ3) is 2.59. The Hall–Kier alpha value is -1.30. The van der Waals surface area contributed by atoms with E-state index in [2.05, 4.69) is 4.98 Å². The average molecular weight is 220 g/mol. The van der Waals surface area contributed by atoms with Crippen LogP contribution in [0.25, 0.3) is 0 Å². The first-order valence-electron chi connectivity index (χ1n) is 4.23. The molecule has 15 heavy (non-hydrogen) atoms. The van der Waals surface area contributed by atoms with Crippen LogP contribution in [-0.2, 0) is 6.18 Å². The number of alkyl halides is 3. The Bertz CT molecular complexity index is 350. The molecule has 1 rings (SSSR count). The molecule has 1 aromatic rings. The maximum absolute atomic E-state index is 12.3. The van der Waals surface area contributed by atoms with E-state index in [1.54, 1.807) is 6.92 Å². The molecule has 1 aromatic heterocycles. The number of hydrogen-bond acceptors (Lipinski definition) is 3. The average Bonchev–Trinajstić information content (AvgIpc) is 2.15. The minimum absolute atomic E-state index is 0.262. The number of nitrogens with zero attached hydrogens (tertiary/aromatic N) is 1. The van der Waals surface area contributed by atoms with Gasteiger partial charge in [0.05, 0.1) is 13.3 Å². The fourth-order valence-electron chi connectivity index (χ4n) is 1.14. The Morgan fingerprint density at radius 2 is 2.07 bits per heavy atom. The van der Waals surface area contributed by atoms with E-state index < -0.39 is 17.9 Å². The predicted molar refractivity (Wildman–Crippen MR) is 48.4 cm³/mol. The van der Waals surface area contributed by atoms with Gasteiger partial charge in [0.2, 0.25) is 0 Å². The zero-order chi connectivity index (χ0) is 11.6. The first-order chi connectivity index (χ1) is 6.86. The molecule has 0 aromatic carbocycles. The van der Waals surface area contributed by atoms with Gasteiger partial charge in [0.15, 0.2) is 0 Å². The number of halogens is 3. The van der Waals surface area contributed by atoms with Crippen molar-refractivity contribution in [3.63, 3.8) is 0 Å².